The summed E-state index contributed by atoms with van der Waals surface area (Å²) < 4.78 is 5.25. The summed E-state index contributed by atoms with van der Waals surface area (Å²) in [7, 11) is 1.50. The molecule has 0 aliphatic rings. The van der Waals surface area contributed by atoms with Gasteiger partial charge < -0.3 is 20.5 Å². The second-order valence-electron chi connectivity index (χ2n) is 6.36. The molecule has 28 heavy (non-hydrogen) atoms. The molecule has 2 aromatic carbocycles. The van der Waals surface area contributed by atoms with Crippen LogP contribution in [-0.4, -0.2) is 42.1 Å². The van der Waals surface area contributed by atoms with E-state index in [0.717, 1.165) is 5.56 Å². The van der Waals surface area contributed by atoms with E-state index in [-0.39, 0.29) is 18.7 Å². The second-order valence-corrected chi connectivity index (χ2v) is 6.36. The number of rotatable bonds is 9. The summed E-state index contributed by atoms with van der Waals surface area (Å²) >= 11 is 0. The maximum Gasteiger partial charge on any atom is 0.326 e. The van der Waals surface area contributed by atoms with Crippen molar-refractivity contribution in [3.63, 3.8) is 0 Å². The maximum atomic E-state index is 12.7. The van der Waals surface area contributed by atoms with Gasteiger partial charge in [-0.2, -0.15) is 0 Å². The maximum absolute atomic E-state index is 12.7. The van der Waals surface area contributed by atoms with Crippen LogP contribution >= 0.6 is 0 Å². The normalized spacial score (nSPS) is 12.5. The molecule has 0 radical (unpaired) electrons. The van der Waals surface area contributed by atoms with Crippen LogP contribution in [0.3, 0.4) is 0 Å². The fraction of sp³-hybridized carbons (Fsp3) is 0.286. The number of benzene rings is 2. The van der Waals surface area contributed by atoms with Gasteiger partial charge in [-0.3, -0.25) is 9.59 Å². The van der Waals surface area contributed by atoms with Crippen LogP contribution < -0.4 is 15.4 Å². The molecule has 3 N–H and O–H groups in total. The predicted octanol–water partition coefficient (Wildman–Crippen LogP) is 1.55. The SMILES string of the molecule is COc1ccccc1C[C@H](NC(=O)[C@H](Cc1ccccc1)NC(C)=O)C(=O)O. The number of carbonyl (C=O) groups is 3. The lowest BCUT2D eigenvalue weighted by atomic mass is 10.0. The summed E-state index contributed by atoms with van der Waals surface area (Å²) in [5, 5.41) is 14.7. The highest BCUT2D eigenvalue weighted by molar-refractivity contribution is 5.90. The number of nitrogens with one attached hydrogen (secondary N) is 2. The third kappa shape index (κ3) is 6.12. The van der Waals surface area contributed by atoms with Crippen molar-refractivity contribution in [2.75, 3.05) is 7.11 Å². The number of ether oxygens (including phenoxy) is 1. The van der Waals surface area contributed by atoms with E-state index in [1.165, 1.54) is 14.0 Å². The third-order valence-corrected chi connectivity index (χ3v) is 4.21. The summed E-state index contributed by atoms with van der Waals surface area (Å²) in [5.41, 5.74) is 1.52. The number of hydrogen-bond donors (Lipinski definition) is 3. The van der Waals surface area contributed by atoms with Gasteiger partial charge in [-0.1, -0.05) is 48.5 Å². The van der Waals surface area contributed by atoms with Crippen molar-refractivity contribution in [3.05, 3.63) is 65.7 Å². The Bertz CT molecular complexity index is 823. The van der Waals surface area contributed by atoms with Gasteiger partial charge in [-0.15, -0.1) is 0 Å². The molecule has 148 valence electrons. The minimum absolute atomic E-state index is 0.0587. The van der Waals surface area contributed by atoms with Crippen LogP contribution in [0.25, 0.3) is 0 Å². The van der Waals surface area contributed by atoms with Crippen molar-refractivity contribution in [3.8, 4) is 5.75 Å². The molecule has 0 aliphatic heterocycles. The van der Waals surface area contributed by atoms with Crippen molar-refractivity contribution in [2.24, 2.45) is 0 Å². The highest BCUT2D eigenvalue weighted by atomic mass is 16.5. The molecule has 0 aromatic heterocycles. The molecule has 0 fully saturated rings. The lowest BCUT2D eigenvalue weighted by molar-refractivity contribution is -0.142. The molecule has 0 saturated carbocycles. The molecular weight excluding hydrogens is 360 g/mol. The Hall–Kier alpha value is -3.35. The third-order valence-electron chi connectivity index (χ3n) is 4.21. The first-order valence-electron chi connectivity index (χ1n) is 8.86. The minimum Gasteiger partial charge on any atom is -0.496 e. The van der Waals surface area contributed by atoms with E-state index in [1.807, 2.05) is 30.3 Å². The van der Waals surface area contributed by atoms with Gasteiger partial charge in [0.15, 0.2) is 0 Å². The summed E-state index contributed by atoms with van der Waals surface area (Å²) in [4.78, 5) is 35.9. The standard InChI is InChI=1S/C21H24N2O5/c1-14(24)22-17(12-15-8-4-3-5-9-15)20(25)23-18(21(26)27)13-16-10-6-7-11-19(16)28-2/h3-11,17-18H,12-13H2,1-2H3,(H,22,24)(H,23,25)(H,26,27)/t17-,18-/m0/s1. The van der Waals surface area contributed by atoms with Crippen LogP contribution in [0, 0.1) is 0 Å². The van der Waals surface area contributed by atoms with E-state index in [4.69, 9.17) is 4.74 Å². The number of carbonyl (C=O) groups excluding carboxylic acids is 2. The van der Waals surface area contributed by atoms with Crippen molar-refractivity contribution in [2.45, 2.75) is 31.8 Å². The average molecular weight is 384 g/mol. The first kappa shape index (κ1) is 21.0. The van der Waals surface area contributed by atoms with Gasteiger partial charge in [0.05, 0.1) is 7.11 Å². The smallest absolute Gasteiger partial charge is 0.326 e. The number of carboxylic acid groups (broad SMARTS) is 1. The highest BCUT2D eigenvalue weighted by Crippen LogP contribution is 2.19. The van der Waals surface area contributed by atoms with Gasteiger partial charge in [0.25, 0.3) is 0 Å². The molecule has 2 amide bonds. The van der Waals surface area contributed by atoms with Crippen LogP contribution in [-0.2, 0) is 27.2 Å². The summed E-state index contributed by atoms with van der Waals surface area (Å²) in [6.45, 7) is 1.31. The van der Waals surface area contributed by atoms with E-state index in [0.29, 0.717) is 11.3 Å². The molecule has 0 aliphatic carbocycles. The van der Waals surface area contributed by atoms with Gasteiger partial charge in [0, 0.05) is 19.8 Å². The van der Waals surface area contributed by atoms with Crippen molar-refractivity contribution in [1.82, 2.24) is 10.6 Å². The van der Waals surface area contributed by atoms with Crippen molar-refractivity contribution >= 4 is 17.8 Å². The number of para-hydroxylation sites is 1. The Balaban J connectivity index is 2.15. The second kappa shape index (κ2) is 10.1. The summed E-state index contributed by atoms with van der Waals surface area (Å²) in [6, 6.07) is 14.2. The van der Waals surface area contributed by atoms with Crippen molar-refractivity contribution < 1.29 is 24.2 Å². The largest absolute Gasteiger partial charge is 0.496 e. The number of hydrogen-bond acceptors (Lipinski definition) is 4. The number of aliphatic carboxylic acids is 1. The molecule has 0 unspecified atom stereocenters. The van der Waals surface area contributed by atoms with E-state index in [2.05, 4.69) is 10.6 Å². The van der Waals surface area contributed by atoms with Crippen LogP contribution in [0.15, 0.2) is 54.6 Å². The monoisotopic (exact) mass is 384 g/mol. The molecule has 7 nitrogen and oxygen atoms in total. The Kier molecular flexibility index (Phi) is 7.56. The fourth-order valence-electron chi connectivity index (χ4n) is 2.87. The first-order valence-corrected chi connectivity index (χ1v) is 8.86. The van der Waals surface area contributed by atoms with E-state index < -0.39 is 24.0 Å². The fourth-order valence-corrected chi connectivity index (χ4v) is 2.87. The Morgan fingerprint density at radius 2 is 1.57 bits per heavy atom. The van der Waals surface area contributed by atoms with Crippen LogP contribution in [0.2, 0.25) is 0 Å². The zero-order valence-corrected chi connectivity index (χ0v) is 15.8. The molecule has 0 saturated heterocycles. The number of carboxylic acids is 1. The zero-order valence-electron chi connectivity index (χ0n) is 15.8. The first-order chi connectivity index (χ1) is 13.4. The van der Waals surface area contributed by atoms with Gasteiger partial charge >= 0.3 is 5.97 Å². The predicted molar refractivity (Wildman–Crippen MR) is 104 cm³/mol. The molecule has 7 heteroatoms. The number of amides is 2. The van der Waals surface area contributed by atoms with E-state index in [1.54, 1.807) is 24.3 Å². The molecule has 2 aromatic rings. The Morgan fingerprint density at radius 1 is 0.929 bits per heavy atom. The topological polar surface area (TPSA) is 105 Å². The van der Waals surface area contributed by atoms with Crippen LogP contribution in [0.5, 0.6) is 5.75 Å². The Labute approximate surface area is 163 Å². The van der Waals surface area contributed by atoms with Gasteiger partial charge in [0.1, 0.15) is 17.8 Å². The van der Waals surface area contributed by atoms with Gasteiger partial charge in [0.2, 0.25) is 11.8 Å². The van der Waals surface area contributed by atoms with Gasteiger partial charge in [-0.05, 0) is 17.2 Å². The summed E-state index contributed by atoms with van der Waals surface area (Å²) in [6.07, 6.45) is 0.316. The molecule has 2 atom stereocenters. The molecule has 0 bridgehead atoms. The van der Waals surface area contributed by atoms with E-state index in [9.17, 15) is 19.5 Å². The lowest BCUT2D eigenvalue weighted by Crippen LogP contribution is -2.52. The molecule has 0 spiro atoms. The van der Waals surface area contributed by atoms with Gasteiger partial charge in [-0.25, -0.2) is 4.79 Å². The molecular formula is C21H24N2O5. The van der Waals surface area contributed by atoms with Crippen molar-refractivity contribution in [1.29, 1.82) is 0 Å². The molecule has 2 rings (SSSR count). The minimum atomic E-state index is -1.17. The molecule has 0 heterocycles. The average Bonchev–Trinajstić information content (AvgIpc) is 2.67. The van der Waals surface area contributed by atoms with Crippen LogP contribution in [0.1, 0.15) is 18.1 Å². The van der Waals surface area contributed by atoms with Crippen LogP contribution in [0.4, 0.5) is 0 Å². The summed E-state index contributed by atoms with van der Waals surface area (Å²) in [5.74, 6) is -1.54. The van der Waals surface area contributed by atoms with E-state index >= 15 is 0 Å². The quantitative estimate of drug-likeness (QED) is 0.609. The highest BCUT2D eigenvalue weighted by Gasteiger charge is 2.27. The lowest BCUT2D eigenvalue weighted by Gasteiger charge is -2.21. The number of methoxy groups -OCH3 is 1. The Morgan fingerprint density at radius 3 is 2.18 bits per heavy atom. The zero-order chi connectivity index (χ0) is 20.5.